The summed E-state index contributed by atoms with van der Waals surface area (Å²) in [5.74, 6) is -0.246. The molecule has 1 heterocycles. The third-order valence-corrected chi connectivity index (χ3v) is 7.29. The first-order valence-electron chi connectivity index (χ1n) is 10.5. The number of rotatable bonds is 7. The summed E-state index contributed by atoms with van der Waals surface area (Å²) in [6.07, 6.45) is 2.26. The van der Waals surface area contributed by atoms with Gasteiger partial charge in [0.15, 0.2) is 0 Å². The summed E-state index contributed by atoms with van der Waals surface area (Å²) in [4.78, 5) is 15.2. The number of amides is 1. The number of sulfonamides is 1. The minimum Gasteiger partial charge on any atom is -0.350 e. The van der Waals surface area contributed by atoms with Crippen molar-refractivity contribution in [2.75, 3.05) is 19.6 Å². The van der Waals surface area contributed by atoms with Gasteiger partial charge in [0.1, 0.15) is 0 Å². The van der Waals surface area contributed by atoms with Gasteiger partial charge in [0.05, 0.1) is 10.9 Å². The minimum absolute atomic E-state index is 0.00390. The summed E-state index contributed by atoms with van der Waals surface area (Å²) in [6, 6.07) is 13.7. The molecule has 1 aliphatic rings. The maximum atomic E-state index is 12.7. The standard InChI is InChI=1S/C23H30ClN3O3S/c1-23(2,3)26-31(29,30)18-12-10-17(11-13-18)22(28)25-16-21(27-14-6-7-15-27)19-8-4-5-9-20(19)24/h4-5,8-13,21,26H,6-7,14-16H2,1-3H3,(H,25,28). The topological polar surface area (TPSA) is 78.5 Å². The highest BCUT2D eigenvalue weighted by atomic mass is 35.5. The van der Waals surface area contributed by atoms with E-state index < -0.39 is 15.6 Å². The molecule has 0 bridgehead atoms. The average molecular weight is 464 g/mol. The van der Waals surface area contributed by atoms with Gasteiger partial charge < -0.3 is 5.32 Å². The number of carbonyl (C=O) groups excluding carboxylic acids is 1. The highest BCUT2D eigenvalue weighted by molar-refractivity contribution is 7.89. The highest BCUT2D eigenvalue weighted by Crippen LogP contribution is 2.29. The Balaban J connectivity index is 1.71. The minimum atomic E-state index is -3.64. The first-order valence-corrected chi connectivity index (χ1v) is 12.3. The summed E-state index contributed by atoms with van der Waals surface area (Å²) < 4.78 is 27.5. The lowest BCUT2D eigenvalue weighted by atomic mass is 10.0. The Labute approximate surface area is 190 Å². The number of hydrogen-bond acceptors (Lipinski definition) is 4. The van der Waals surface area contributed by atoms with Gasteiger partial charge in [0.25, 0.3) is 5.91 Å². The molecule has 1 fully saturated rings. The van der Waals surface area contributed by atoms with E-state index in [-0.39, 0.29) is 16.8 Å². The maximum Gasteiger partial charge on any atom is 0.251 e. The molecule has 8 heteroatoms. The zero-order chi connectivity index (χ0) is 22.6. The van der Waals surface area contributed by atoms with Crippen molar-refractivity contribution in [3.8, 4) is 0 Å². The van der Waals surface area contributed by atoms with Crippen LogP contribution in [0.1, 0.15) is 55.6 Å². The van der Waals surface area contributed by atoms with Gasteiger partial charge in [0, 0.05) is 22.7 Å². The van der Waals surface area contributed by atoms with Gasteiger partial charge in [0.2, 0.25) is 10.0 Å². The quantitative estimate of drug-likeness (QED) is 0.650. The zero-order valence-corrected chi connectivity index (χ0v) is 19.8. The van der Waals surface area contributed by atoms with Crippen LogP contribution < -0.4 is 10.0 Å². The monoisotopic (exact) mass is 463 g/mol. The Morgan fingerprint density at radius 2 is 1.68 bits per heavy atom. The Morgan fingerprint density at radius 3 is 2.26 bits per heavy atom. The molecule has 2 aromatic carbocycles. The Hall–Kier alpha value is -1.93. The van der Waals surface area contributed by atoms with Crippen molar-refractivity contribution in [1.29, 1.82) is 0 Å². The number of nitrogens with one attached hydrogen (secondary N) is 2. The molecule has 1 amide bonds. The maximum absolute atomic E-state index is 12.7. The second-order valence-corrected chi connectivity index (χ2v) is 11.0. The molecule has 1 aliphatic heterocycles. The predicted molar refractivity (Wildman–Crippen MR) is 124 cm³/mol. The first kappa shape index (κ1) is 23.7. The van der Waals surface area contributed by atoms with Crippen LogP contribution in [-0.2, 0) is 10.0 Å². The van der Waals surface area contributed by atoms with Crippen LogP contribution in [0.25, 0.3) is 0 Å². The summed E-state index contributed by atoms with van der Waals surface area (Å²) in [5, 5.41) is 3.68. The van der Waals surface area contributed by atoms with Crippen LogP contribution in [0.5, 0.6) is 0 Å². The lowest BCUT2D eigenvalue weighted by Crippen LogP contribution is -2.40. The number of hydrogen-bond donors (Lipinski definition) is 2. The van der Waals surface area contributed by atoms with E-state index in [0.29, 0.717) is 17.1 Å². The highest BCUT2D eigenvalue weighted by Gasteiger charge is 2.26. The fraction of sp³-hybridized carbons (Fsp3) is 0.435. The van der Waals surface area contributed by atoms with Gasteiger partial charge in [-0.3, -0.25) is 9.69 Å². The Morgan fingerprint density at radius 1 is 1.06 bits per heavy atom. The van der Waals surface area contributed by atoms with Crippen LogP contribution in [0, 0.1) is 0 Å². The predicted octanol–water partition coefficient (Wildman–Crippen LogP) is 3.98. The van der Waals surface area contributed by atoms with E-state index in [4.69, 9.17) is 11.6 Å². The van der Waals surface area contributed by atoms with E-state index in [1.54, 1.807) is 20.8 Å². The van der Waals surface area contributed by atoms with Crippen molar-refractivity contribution >= 4 is 27.5 Å². The number of halogens is 1. The number of likely N-dealkylation sites (tertiary alicyclic amines) is 1. The van der Waals surface area contributed by atoms with Gasteiger partial charge in [-0.05, 0) is 82.6 Å². The number of carbonyl (C=O) groups is 1. The van der Waals surface area contributed by atoms with Gasteiger partial charge in [-0.25, -0.2) is 13.1 Å². The molecule has 0 aromatic heterocycles. The lowest BCUT2D eigenvalue weighted by molar-refractivity contribution is 0.0938. The van der Waals surface area contributed by atoms with Crippen LogP contribution in [-0.4, -0.2) is 44.4 Å². The molecular weight excluding hydrogens is 434 g/mol. The largest absolute Gasteiger partial charge is 0.350 e. The lowest BCUT2D eigenvalue weighted by Gasteiger charge is -2.29. The molecule has 1 atom stereocenters. The molecule has 0 radical (unpaired) electrons. The Bertz CT molecular complexity index is 1010. The second-order valence-electron chi connectivity index (χ2n) is 8.87. The molecular formula is C23H30ClN3O3S. The molecule has 1 unspecified atom stereocenters. The SMILES string of the molecule is CC(C)(C)NS(=O)(=O)c1ccc(C(=O)NCC(c2ccccc2Cl)N2CCCC2)cc1. The van der Waals surface area contributed by atoms with Crippen molar-refractivity contribution < 1.29 is 13.2 Å². The van der Waals surface area contributed by atoms with Gasteiger partial charge in [-0.15, -0.1) is 0 Å². The molecule has 31 heavy (non-hydrogen) atoms. The van der Waals surface area contributed by atoms with Gasteiger partial charge in [-0.2, -0.15) is 0 Å². The smallest absolute Gasteiger partial charge is 0.251 e. The van der Waals surface area contributed by atoms with E-state index in [1.165, 1.54) is 24.3 Å². The van der Waals surface area contributed by atoms with Crippen LogP contribution in [0.3, 0.4) is 0 Å². The molecule has 0 saturated carbocycles. The van der Waals surface area contributed by atoms with Crippen molar-refractivity contribution in [1.82, 2.24) is 14.9 Å². The fourth-order valence-electron chi connectivity index (χ4n) is 3.77. The molecule has 0 spiro atoms. The van der Waals surface area contributed by atoms with E-state index in [9.17, 15) is 13.2 Å². The van der Waals surface area contributed by atoms with Crippen molar-refractivity contribution in [2.24, 2.45) is 0 Å². The molecule has 2 aromatic rings. The van der Waals surface area contributed by atoms with Crippen molar-refractivity contribution in [3.63, 3.8) is 0 Å². The summed E-state index contributed by atoms with van der Waals surface area (Å²) in [6.45, 7) is 7.71. The fourth-order valence-corrected chi connectivity index (χ4v) is 5.45. The van der Waals surface area contributed by atoms with Crippen LogP contribution >= 0.6 is 11.6 Å². The van der Waals surface area contributed by atoms with E-state index in [2.05, 4.69) is 14.9 Å². The molecule has 168 valence electrons. The van der Waals surface area contributed by atoms with Gasteiger partial charge in [-0.1, -0.05) is 29.8 Å². The average Bonchev–Trinajstić information content (AvgIpc) is 3.22. The van der Waals surface area contributed by atoms with E-state index >= 15 is 0 Å². The molecule has 3 rings (SSSR count). The van der Waals surface area contributed by atoms with Crippen LogP contribution in [0.4, 0.5) is 0 Å². The van der Waals surface area contributed by atoms with E-state index in [1.807, 2.05) is 24.3 Å². The molecule has 1 saturated heterocycles. The third-order valence-electron chi connectivity index (χ3n) is 5.17. The normalized spacial score (nSPS) is 16.3. The van der Waals surface area contributed by atoms with Gasteiger partial charge >= 0.3 is 0 Å². The third kappa shape index (κ3) is 6.29. The summed E-state index contributed by atoms with van der Waals surface area (Å²) >= 11 is 6.43. The summed E-state index contributed by atoms with van der Waals surface area (Å²) in [5.41, 5.74) is 0.827. The van der Waals surface area contributed by atoms with Crippen molar-refractivity contribution in [2.45, 2.75) is 50.1 Å². The van der Waals surface area contributed by atoms with E-state index in [0.717, 1.165) is 31.5 Å². The molecule has 2 N–H and O–H groups in total. The second kappa shape index (κ2) is 9.69. The summed E-state index contributed by atoms with van der Waals surface area (Å²) in [7, 11) is -3.64. The van der Waals surface area contributed by atoms with Crippen LogP contribution in [0.2, 0.25) is 5.02 Å². The first-order chi connectivity index (χ1) is 14.6. The Kier molecular flexibility index (Phi) is 7.42. The number of nitrogens with zero attached hydrogens (tertiary/aromatic N) is 1. The van der Waals surface area contributed by atoms with Crippen molar-refractivity contribution in [3.05, 3.63) is 64.7 Å². The molecule has 6 nitrogen and oxygen atoms in total. The zero-order valence-electron chi connectivity index (χ0n) is 18.2. The molecule has 0 aliphatic carbocycles. The van der Waals surface area contributed by atoms with Crippen LogP contribution in [0.15, 0.2) is 53.4 Å². The number of benzene rings is 2.